The fourth-order valence-corrected chi connectivity index (χ4v) is 2.62. The molecule has 0 aromatic heterocycles. The molecular formula is C17H20ClNO. The maximum absolute atomic E-state index is 9.55. The van der Waals surface area contributed by atoms with Gasteiger partial charge in [-0.3, -0.25) is 0 Å². The number of hydrogen-bond acceptors (Lipinski definition) is 2. The predicted octanol–water partition coefficient (Wildman–Crippen LogP) is 3.81. The highest BCUT2D eigenvalue weighted by Crippen LogP contribution is 2.19. The zero-order valence-electron chi connectivity index (χ0n) is 11.6. The topological polar surface area (TPSA) is 32.3 Å². The largest absolute Gasteiger partial charge is 0.508 e. The number of phenols is 1. The summed E-state index contributed by atoms with van der Waals surface area (Å²) in [6, 6.07) is 15.7. The van der Waals surface area contributed by atoms with Gasteiger partial charge in [-0.2, -0.15) is 0 Å². The van der Waals surface area contributed by atoms with E-state index in [9.17, 15) is 5.11 Å². The van der Waals surface area contributed by atoms with Gasteiger partial charge in [0.15, 0.2) is 0 Å². The highest BCUT2D eigenvalue weighted by molar-refractivity contribution is 6.31. The summed E-state index contributed by atoms with van der Waals surface area (Å²) in [4.78, 5) is 0. The number of nitrogens with one attached hydrogen (secondary N) is 1. The summed E-state index contributed by atoms with van der Waals surface area (Å²) in [7, 11) is 0. The van der Waals surface area contributed by atoms with Crippen LogP contribution in [0.15, 0.2) is 48.5 Å². The van der Waals surface area contributed by atoms with Gasteiger partial charge in [-0.25, -0.2) is 0 Å². The van der Waals surface area contributed by atoms with E-state index in [2.05, 4.69) is 18.3 Å². The van der Waals surface area contributed by atoms with Crippen molar-refractivity contribution >= 4 is 11.6 Å². The molecule has 0 aliphatic heterocycles. The minimum Gasteiger partial charge on any atom is -0.508 e. The first-order chi connectivity index (χ1) is 9.69. The third kappa shape index (κ3) is 4.26. The van der Waals surface area contributed by atoms with Gasteiger partial charge in [-0.15, -0.1) is 0 Å². The van der Waals surface area contributed by atoms with Gasteiger partial charge >= 0.3 is 0 Å². The Kier molecular flexibility index (Phi) is 5.45. The van der Waals surface area contributed by atoms with Gasteiger partial charge in [0.1, 0.15) is 5.75 Å². The second-order valence-corrected chi connectivity index (χ2v) is 5.33. The maximum atomic E-state index is 9.55. The summed E-state index contributed by atoms with van der Waals surface area (Å²) in [6.45, 7) is 3.01. The van der Waals surface area contributed by atoms with Crippen molar-refractivity contribution in [3.63, 3.8) is 0 Å². The van der Waals surface area contributed by atoms with Crippen LogP contribution in [0.3, 0.4) is 0 Å². The Morgan fingerprint density at radius 1 is 1.10 bits per heavy atom. The van der Waals surface area contributed by atoms with E-state index in [0.29, 0.717) is 11.8 Å². The number of rotatable bonds is 6. The average Bonchev–Trinajstić information content (AvgIpc) is 2.42. The molecule has 0 aliphatic carbocycles. The van der Waals surface area contributed by atoms with E-state index in [1.54, 1.807) is 6.07 Å². The van der Waals surface area contributed by atoms with E-state index in [1.165, 1.54) is 0 Å². The zero-order valence-corrected chi connectivity index (χ0v) is 12.4. The van der Waals surface area contributed by atoms with Gasteiger partial charge in [0.25, 0.3) is 0 Å². The van der Waals surface area contributed by atoms with Crippen molar-refractivity contribution in [2.45, 2.75) is 25.8 Å². The molecule has 0 radical (unpaired) electrons. The van der Waals surface area contributed by atoms with Crippen molar-refractivity contribution in [2.24, 2.45) is 0 Å². The van der Waals surface area contributed by atoms with Crippen molar-refractivity contribution in [3.05, 3.63) is 64.7 Å². The molecule has 0 aliphatic rings. The number of aromatic hydroxyl groups is 1. The molecule has 0 saturated heterocycles. The zero-order chi connectivity index (χ0) is 14.4. The van der Waals surface area contributed by atoms with E-state index in [4.69, 9.17) is 11.6 Å². The van der Waals surface area contributed by atoms with E-state index in [-0.39, 0.29) is 0 Å². The number of benzene rings is 2. The lowest BCUT2D eigenvalue weighted by atomic mass is 9.98. The van der Waals surface area contributed by atoms with E-state index in [1.807, 2.05) is 36.4 Å². The Bertz CT molecular complexity index is 556. The molecule has 2 N–H and O–H groups in total. The van der Waals surface area contributed by atoms with E-state index in [0.717, 1.165) is 35.5 Å². The lowest BCUT2D eigenvalue weighted by Gasteiger charge is -2.19. The Hall–Kier alpha value is -1.51. The molecule has 0 saturated carbocycles. The summed E-state index contributed by atoms with van der Waals surface area (Å²) < 4.78 is 0. The maximum Gasteiger partial charge on any atom is 0.115 e. The van der Waals surface area contributed by atoms with Crippen LogP contribution >= 0.6 is 11.6 Å². The third-order valence-electron chi connectivity index (χ3n) is 3.31. The van der Waals surface area contributed by atoms with Crippen LogP contribution < -0.4 is 5.32 Å². The lowest BCUT2D eigenvalue weighted by Crippen LogP contribution is -2.33. The summed E-state index contributed by atoms with van der Waals surface area (Å²) in [6.07, 6.45) is 1.75. The highest BCUT2D eigenvalue weighted by atomic mass is 35.5. The summed E-state index contributed by atoms with van der Waals surface area (Å²) in [5, 5.41) is 13.8. The van der Waals surface area contributed by atoms with Crippen molar-refractivity contribution in [3.8, 4) is 5.75 Å². The van der Waals surface area contributed by atoms with Crippen molar-refractivity contribution in [1.29, 1.82) is 0 Å². The third-order valence-corrected chi connectivity index (χ3v) is 3.68. The molecule has 106 valence electrons. The normalized spacial score (nSPS) is 12.3. The number of phenolic OH excluding ortho intramolecular Hbond substituents is 1. The molecule has 2 aromatic carbocycles. The average molecular weight is 290 g/mol. The Balaban J connectivity index is 2.09. The molecular weight excluding hydrogens is 270 g/mol. The Labute approximate surface area is 125 Å². The fourth-order valence-electron chi connectivity index (χ4n) is 2.40. The molecule has 2 nitrogen and oxygen atoms in total. The van der Waals surface area contributed by atoms with Crippen LogP contribution in [-0.2, 0) is 12.8 Å². The molecule has 0 fully saturated rings. The van der Waals surface area contributed by atoms with Gasteiger partial charge in [0.05, 0.1) is 0 Å². The standard InChI is InChI=1S/C17H20ClNO/c1-2-19-15(10-13-6-5-8-16(20)11-13)12-14-7-3-4-9-17(14)18/h3-9,11,15,19-20H,2,10,12H2,1H3. The van der Waals surface area contributed by atoms with Gasteiger partial charge in [-0.05, 0) is 48.7 Å². The minimum atomic E-state index is 0.307. The smallest absolute Gasteiger partial charge is 0.115 e. The molecule has 1 unspecified atom stereocenters. The highest BCUT2D eigenvalue weighted by Gasteiger charge is 2.11. The fraction of sp³-hybridized carbons (Fsp3) is 0.294. The van der Waals surface area contributed by atoms with Crippen molar-refractivity contribution in [1.82, 2.24) is 5.32 Å². The van der Waals surface area contributed by atoms with Crippen LogP contribution in [0.2, 0.25) is 5.02 Å². The first kappa shape index (κ1) is 14.9. The quantitative estimate of drug-likeness (QED) is 0.847. The second-order valence-electron chi connectivity index (χ2n) is 4.92. The van der Waals surface area contributed by atoms with Crippen molar-refractivity contribution in [2.75, 3.05) is 6.54 Å². The van der Waals surface area contributed by atoms with Gasteiger partial charge in [0.2, 0.25) is 0 Å². The molecule has 1 atom stereocenters. The van der Waals surface area contributed by atoms with Crippen LogP contribution in [0, 0.1) is 0 Å². The van der Waals surface area contributed by atoms with E-state index >= 15 is 0 Å². The molecule has 0 amide bonds. The predicted molar refractivity (Wildman–Crippen MR) is 84.4 cm³/mol. The minimum absolute atomic E-state index is 0.307. The molecule has 0 heterocycles. The molecule has 2 aromatic rings. The number of hydrogen-bond donors (Lipinski definition) is 2. The van der Waals surface area contributed by atoms with Crippen LogP contribution in [-0.4, -0.2) is 17.7 Å². The summed E-state index contributed by atoms with van der Waals surface area (Å²) in [5.41, 5.74) is 2.28. The Morgan fingerprint density at radius 2 is 1.90 bits per heavy atom. The van der Waals surface area contributed by atoms with Crippen LogP contribution in [0.5, 0.6) is 5.75 Å². The summed E-state index contributed by atoms with van der Waals surface area (Å²) in [5.74, 6) is 0.315. The monoisotopic (exact) mass is 289 g/mol. The molecule has 2 rings (SSSR count). The SMILES string of the molecule is CCNC(Cc1cccc(O)c1)Cc1ccccc1Cl. The summed E-state index contributed by atoms with van der Waals surface area (Å²) >= 11 is 6.23. The van der Waals surface area contributed by atoms with Crippen LogP contribution in [0.1, 0.15) is 18.1 Å². The lowest BCUT2D eigenvalue weighted by molar-refractivity contribution is 0.472. The van der Waals surface area contributed by atoms with Gasteiger partial charge in [0, 0.05) is 11.1 Å². The second kappa shape index (κ2) is 7.32. The molecule has 3 heteroatoms. The van der Waals surface area contributed by atoms with Gasteiger partial charge in [-0.1, -0.05) is 48.9 Å². The molecule has 20 heavy (non-hydrogen) atoms. The number of likely N-dealkylation sites (N-methyl/N-ethyl adjacent to an activating group) is 1. The molecule has 0 bridgehead atoms. The van der Waals surface area contributed by atoms with Crippen LogP contribution in [0.25, 0.3) is 0 Å². The first-order valence-electron chi connectivity index (χ1n) is 6.93. The first-order valence-corrected chi connectivity index (χ1v) is 7.31. The van der Waals surface area contributed by atoms with Crippen molar-refractivity contribution < 1.29 is 5.11 Å². The van der Waals surface area contributed by atoms with Crippen LogP contribution in [0.4, 0.5) is 0 Å². The molecule has 0 spiro atoms. The van der Waals surface area contributed by atoms with E-state index < -0.39 is 0 Å². The number of halogens is 1. The van der Waals surface area contributed by atoms with Gasteiger partial charge < -0.3 is 10.4 Å². The Morgan fingerprint density at radius 3 is 2.60 bits per heavy atom.